The number of carbonyl (C=O) groups excluding carboxylic acids is 1. The summed E-state index contributed by atoms with van der Waals surface area (Å²) in [4.78, 5) is 18.2. The molecular weight excluding hydrogens is 296 g/mol. The smallest absolute Gasteiger partial charge is 0.255 e. The number of nitrogens with two attached hydrogens (primary N) is 1. The number of halogens is 1. The molecule has 5 nitrogen and oxygen atoms in total. The zero-order valence-corrected chi connectivity index (χ0v) is 11.9. The van der Waals surface area contributed by atoms with Gasteiger partial charge in [-0.1, -0.05) is 0 Å². The van der Waals surface area contributed by atoms with E-state index < -0.39 is 0 Å². The molecule has 1 aromatic rings. The average Bonchev–Trinajstić information content (AvgIpc) is 2.75. The first-order valence-electron chi connectivity index (χ1n) is 5.94. The number of amides is 1. The lowest BCUT2D eigenvalue weighted by molar-refractivity contribution is 0.0948. The molecule has 0 aromatic carbocycles. The molecule has 1 aliphatic rings. The molecule has 1 unspecified atom stereocenters. The highest BCUT2D eigenvalue weighted by Gasteiger charge is 2.20. The Hall–Kier alpha value is -1.14. The van der Waals surface area contributed by atoms with Crippen molar-refractivity contribution in [1.82, 2.24) is 15.2 Å². The first-order valence-corrected chi connectivity index (χ1v) is 6.73. The SMILES string of the molecule is CN1CCC(CNC(=O)c2cc(Br)cnc2N)C1. The van der Waals surface area contributed by atoms with E-state index in [4.69, 9.17) is 5.73 Å². The average molecular weight is 313 g/mol. The molecule has 1 amide bonds. The molecule has 0 bridgehead atoms. The summed E-state index contributed by atoms with van der Waals surface area (Å²) < 4.78 is 0.752. The third-order valence-electron chi connectivity index (χ3n) is 3.17. The normalized spacial score (nSPS) is 20.0. The summed E-state index contributed by atoms with van der Waals surface area (Å²) in [6, 6.07) is 1.69. The van der Waals surface area contributed by atoms with Gasteiger partial charge in [-0.2, -0.15) is 0 Å². The first-order chi connectivity index (χ1) is 8.56. The van der Waals surface area contributed by atoms with Gasteiger partial charge in [0, 0.05) is 23.8 Å². The number of nitrogen functional groups attached to an aromatic ring is 1. The third-order valence-corrected chi connectivity index (χ3v) is 3.60. The fraction of sp³-hybridized carbons (Fsp3) is 0.500. The zero-order chi connectivity index (χ0) is 13.1. The number of anilines is 1. The maximum atomic E-state index is 12.0. The molecular formula is C12H17BrN4O. The number of carbonyl (C=O) groups is 1. The van der Waals surface area contributed by atoms with Crippen LogP contribution in [0.1, 0.15) is 16.8 Å². The molecule has 1 aromatic heterocycles. The minimum absolute atomic E-state index is 0.157. The Labute approximate surface area is 115 Å². The van der Waals surface area contributed by atoms with Gasteiger partial charge in [-0.05, 0) is 47.9 Å². The lowest BCUT2D eigenvalue weighted by atomic mass is 10.1. The van der Waals surface area contributed by atoms with E-state index in [9.17, 15) is 4.79 Å². The van der Waals surface area contributed by atoms with Crippen LogP contribution in [0.15, 0.2) is 16.7 Å². The number of hydrogen-bond donors (Lipinski definition) is 2. The highest BCUT2D eigenvalue weighted by molar-refractivity contribution is 9.10. The van der Waals surface area contributed by atoms with Gasteiger partial charge in [0.25, 0.3) is 5.91 Å². The molecule has 3 N–H and O–H groups in total. The molecule has 0 aliphatic carbocycles. The number of aromatic nitrogens is 1. The zero-order valence-electron chi connectivity index (χ0n) is 10.3. The highest BCUT2D eigenvalue weighted by atomic mass is 79.9. The fourth-order valence-electron chi connectivity index (χ4n) is 2.16. The van der Waals surface area contributed by atoms with Crippen LogP contribution in [0.2, 0.25) is 0 Å². The van der Waals surface area contributed by atoms with E-state index in [0.717, 1.165) is 24.0 Å². The van der Waals surface area contributed by atoms with E-state index in [1.54, 1.807) is 12.3 Å². The Balaban J connectivity index is 1.93. The molecule has 0 saturated carbocycles. The number of likely N-dealkylation sites (tertiary alicyclic amines) is 1. The van der Waals surface area contributed by atoms with Crippen LogP contribution in [0, 0.1) is 5.92 Å². The predicted molar refractivity (Wildman–Crippen MR) is 74.3 cm³/mol. The molecule has 1 aliphatic heterocycles. The topological polar surface area (TPSA) is 71.2 Å². The van der Waals surface area contributed by atoms with Crippen LogP contribution >= 0.6 is 15.9 Å². The molecule has 1 saturated heterocycles. The summed E-state index contributed by atoms with van der Waals surface area (Å²) in [6.45, 7) is 2.82. The van der Waals surface area contributed by atoms with Crippen LogP contribution in [0.4, 0.5) is 5.82 Å². The van der Waals surface area contributed by atoms with Crippen LogP contribution in [-0.2, 0) is 0 Å². The Bertz CT molecular complexity index is 452. The maximum absolute atomic E-state index is 12.0. The summed E-state index contributed by atoms with van der Waals surface area (Å²) in [5.74, 6) is 0.635. The number of hydrogen-bond acceptors (Lipinski definition) is 4. The van der Waals surface area contributed by atoms with Gasteiger partial charge in [-0.15, -0.1) is 0 Å². The van der Waals surface area contributed by atoms with Gasteiger partial charge in [0.2, 0.25) is 0 Å². The lowest BCUT2D eigenvalue weighted by Gasteiger charge is -2.12. The van der Waals surface area contributed by atoms with E-state index in [1.807, 2.05) is 0 Å². The van der Waals surface area contributed by atoms with Gasteiger partial charge < -0.3 is 16.0 Å². The lowest BCUT2D eigenvalue weighted by Crippen LogP contribution is -2.31. The fourth-order valence-corrected chi connectivity index (χ4v) is 2.49. The van der Waals surface area contributed by atoms with Crippen molar-refractivity contribution in [3.8, 4) is 0 Å². The third kappa shape index (κ3) is 3.20. The van der Waals surface area contributed by atoms with Crippen LogP contribution in [0.25, 0.3) is 0 Å². The van der Waals surface area contributed by atoms with Gasteiger partial charge >= 0.3 is 0 Å². The number of rotatable bonds is 3. The van der Waals surface area contributed by atoms with Gasteiger partial charge in [-0.25, -0.2) is 4.98 Å². The van der Waals surface area contributed by atoms with E-state index in [1.165, 1.54) is 0 Å². The van der Waals surface area contributed by atoms with E-state index in [0.29, 0.717) is 18.0 Å². The van der Waals surface area contributed by atoms with Crippen molar-refractivity contribution in [2.45, 2.75) is 6.42 Å². The van der Waals surface area contributed by atoms with Crippen molar-refractivity contribution in [2.75, 3.05) is 32.4 Å². The van der Waals surface area contributed by atoms with E-state index in [2.05, 4.69) is 38.2 Å². The number of nitrogens with one attached hydrogen (secondary N) is 1. The second-order valence-corrected chi connectivity index (χ2v) is 5.63. The van der Waals surface area contributed by atoms with Crippen molar-refractivity contribution in [2.24, 2.45) is 5.92 Å². The van der Waals surface area contributed by atoms with Crippen LogP contribution < -0.4 is 11.1 Å². The minimum atomic E-state index is -0.157. The number of nitrogens with zero attached hydrogens (tertiary/aromatic N) is 2. The Kier molecular flexibility index (Phi) is 4.19. The Morgan fingerprint density at radius 2 is 2.50 bits per heavy atom. The summed E-state index contributed by atoms with van der Waals surface area (Å²) in [7, 11) is 2.10. The summed E-state index contributed by atoms with van der Waals surface area (Å²) in [5, 5.41) is 2.92. The van der Waals surface area contributed by atoms with Crippen LogP contribution in [0.3, 0.4) is 0 Å². The van der Waals surface area contributed by atoms with Crippen LogP contribution in [0.5, 0.6) is 0 Å². The molecule has 18 heavy (non-hydrogen) atoms. The molecule has 6 heteroatoms. The number of pyridine rings is 1. The van der Waals surface area contributed by atoms with Gasteiger partial charge in [-0.3, -0.25) is 4.79 Å². The Morgan fingerprint density at radius 1 is 1.72 bits per heavy atom. The van der Waals surface area contributed by atoms with Crippen LogP contribution in [-0.4, -0.2) is 42.5 Å². The van der Waals surface area contributed by atoms with E-state index in [-0.39, 0.29) is 11.7 Å². The van der Waals surface area contributed by atoms with E-state index >= 15 is 0 Å². The molecule has 0 spiro atoms. The second kappa shape index (κ2) is 5.67. The van der Waals surface area contributed by atoms with Crippen molar-refractivity contribution in [1.29, 1.82) is 0 Å². The van der Waals surface area contributed by atoms with Crippen molar-refractivity contribution >= 4 is 27.7 Å². The quantitative estimate of drug-likeness (QED) is 0.877. The van der Waals surface area contributed by atoms with Gasteiger partial charge in [0.05, 0.1) is 5.56 Å². The molecule has 2 heterocycles. The minimum Gasteiger partial charge on any atom is -0.383 e. The maximum Gasteiger partial charge on any atom is 0.255 e. The van der Waals surface area contributed by atoms with Gasteiger partial charge in [0.1, 0.15) is 5.82 Å². The molecule has 1 fully saturated rings. The van der Waals surface area contributed by atoms with Crippen molar-refractivity contribution < 1.29 is 4.79 Å². The summed E-state index contributed by atoms with van der Waals surface area (Å²) in [6.07, 6.45) is 2.71. The van der Waals surface area contributed by atoms with Crippen molar-refractivity contribution in [3.63, 3.8) is 0 Å². The molecule has 0 radical (unpaired) electrons. The molecule has 1 atom stereocenters. The first kappa shape index (κ1) is 13.3. The highest BCUT2D eigenvalue weighted by Crippen LogP contribution is 2.16. The largest absolute Gasteiger partial charge is 0.383 e. The molecule has 98 valence electrons. The monoisotopic (exact) mass is 312 g/mol. The second-order valence-electron chi connectivity index (χ2n) is 4.71. The predicted octanol–water partition coefficient (Wildman–Crippen LogP) is 1.11. The summed E-state index contributed by atoms with van der Waals surface area (Å²) in [5.41, 5.74) is 6.12. The van der Waals surface area contributed by atoms with Gasteiger partial charge in [0.15, 0.2) is 0 Å². The van der Waals surface area contributed by atoms with Crippen molar-refractivity contribution in [3.05, 3.63) is 22.3 Å². The molecule has 2 rings (SSSR count). The summed E-state index contributed by atoms with van der Waals surface area (Å²) >= 11 is 3.29. The Morgan fingerprint density at radius 3 is 3.17 bits per heavy atom. The standard InChI is InChI=1S/C12H17BrN4O/c1-17-3-2-8(7-17)5-16-12(18)10-4-9(13)6-15-11(10)14/h4,6,8H,2-3,5,7H2,1H3,(H2,14,15)(H,16,18).